The first-order valence-corrected chi connectivity index (χ1v) is 10.8. The van der Waals surface area contributed by atoms with Crippen LogP contribution in [0.4, 0.5) is 0 Å². The summed E-state index contributed by atoms with van der Waals surface area (Å²) in [6, 6.07) is 14.1. The fourth-order valence-electron chi connectivity index (χ4n) is 3.40. The van der Waals surface area contributed by atoms with Crippen molar-refractivity contribution >= 4 is 15.9 Å². The van der Waals surface area contributed by atoms with Crippen LogP contribution in [0.5, 0.6) is 0 Å². The van der Waals surface area contributed by atoms with E-state index in [-0.39, 0.29) is 17.3 Å². The third-order valence-electron chi connectivity index (χ3n) is 5.00. The molecule has 1 heterocycles. The van der Waals surface area contributed by atoms with E-state index in [1.807, 2.05) is 42.2 Å². The van der Waals surface area contributed by atoms with Crippen LogP contribution in [0.1, 0.15) is 41.3 Å². The van der Waals surface area contributed by atoms with Crippen LogP contribution in [0, 0.1) is 12.8 Å². The summed E-state index contributed by atoms with van der Waals surface area (Å²) in [5.74, 6) is 0.390. The van der Waals surface area contributed by atoms with Gasteiger partial charge in [-0.1, -0.05) is 43.3 Å². The Kier molecular flexibility index (Phi) is 5.97. The maximum Gasteiger partial charge on any atom is 0.254 e. The van der Waals surface area contributed by atoms with Gasteiger partial charge in [-0.15, -0.1) is 0 Å². The van der Waals surface area contributed by atoms with Gasteiger partial charge < -0.3 is 4.90 Å². The van der Waals surface area contributed by atoms with Crippen molar-refractivity contribution < 1.29 is 13.2 Å². The number of likely N-dealkylation sites (tertiary alicyclic amines) is 1. The van der Waals surface area contributed by atoms with Gasteiger partial charge in [0.1, 0.15) is 0 Å². The largest absolute Gasteiger partial charge is 0.338 e. The van der Waals surface area contributed by atoms with E-state index in [1.165, 1.54) is 6.07 Å². The lowest BCUT2D eigenvalue weighted by molar-refractivity contribution is 0.0682. The Morgan fingerprint density at radius 3 is 2.63 bits per heavy atom. The Morgan fingerprint density at radius 1 is 1.19 bits per heavy atom. The molecule has 6 heteroatoms. The zero-order valence-corrected chi connectivity index (χ0v) is 16.6. The van der Waals surface area contributed by atoms with E-state index >= 15 is 0 Å². The number of carbonyl (C=O) groups is 1. The highest BCUT2D eigenvalue weighted by Crippen LogP contribution is 2.22. The second-order valence-corrected chi connectivity index (χ2v) is 9.05. The van der Waals surface area contributed by atoms with Crippen LogP contribution in [0.3, 0.4) is 0 Å². The summed E-state index contributed by atoms with van der Waals surface area (Å²) in [7, 11) is -3.69. The average molecular weight is 387 g/mol. The van der Waals surface area contributed by atoms with Gasteiger partial charge in [0.25, 0.3) is 5.91 Å². The predicted molar refractivity (Wildman–Crippen MR) is 106 cm³/mol. The molecule has 0 aliphatic carbocycles. The molecule has 144 valence electrons. The lowest BCUT2D eigenvalue weighted by atomic mass is 9.99. The summed E-state index contributed by atoms with van der Waals surface area (Å²) in [4.78, 5) is 14.9. The molecule has 0 bridgehead atoms. The SMILES string of the molecule is Cc1ccc(S(=O)(=O)NCc2ccccc2)cc1C(=O)N1CCCC(C)C1. The molecule has 1 aliphatic heterocycles. The highest BCUT2D eigenvalue weighted by Gasteiger charge is 2.25. The van der Waals surface area contributed by atoms with Crippen molar-refractivity contribution in [1.29, 1.82) is 0 Å². The number of benzene rings is 2. The third-order valence-corrected chi connectivity index (χ3v) is 6.40. The van der Waals surface area contributed by atoms with Crippen molar-refractivity contribution in [2.75, 3.05) is 13.1 Å². The van der Waals surface area contributed by atoms with Crippen LogP contribution in [-0.4, -0.2) is 32.3 Å². The molecular weight excluding hydrogens is 360 g/mol. The minimum atomic E-state index is -3.69. The number of nitrogens with zero attached hydrogens (tertiary/aromatic N) is 1. The van der Waals surface area contributed by atoms with Gasteiger partial charge >= 0.3 is 0 Å². The summed E-state index contributed by atoms with van der Waals surface area (Å²) in [6.07, 6.45) is 2.11. The first-order valence-electron chi connectivity index (χ1n) is 9.30. The molecule has 2 aromatic carbocycles. The Hall–Kier alpha value is -2.18. The number of aryl methyl sites for hydroxylation is 1. The van der Waals surface area contributed by atoms with E-state index < -0.39 is 10.0 Å². The first kappa shape index (κ1) is 19.6. The molecule has 3 rings (SSSR count). The lowest BCUT2D eigenvalue weighted by Gasteiger charge is -2.31. The van der Waals surface area contributed by atoms with Crippen LogP contribution in [0.15, 0.2) is 53.4 Å². The van der Waals surface area contributed by atoms with Gasteiger partial charge in [-0.05, 0) is 48.9 Å². The maximum atomic E-state index is 12.9. The highest BCUT2D eigenvalue weighted by atomic mass is 32.2. The number of rotatable bonds is 5. The summed E-state index contributed by atoms with van der Waals surface area (Å²) in [6.45, 7) is 5.65. The number of carbonyl (C=O) groups excluding carboxylic acids is 1. The Balaban J connectivity index is 1.80. The van der Waals surface area contributed by atoms with E-state index in [2.05, 4.69) is 11.6 Å². The molecule has 1 aliphatic rings. The molecule has 0 spiro atoms. The molecule has 1 N–H and O–H groups in total. The number of amides is 1. The van der Waals surface area contributed by atoms with Crippen LogP contribution >= 0.6 is 0 Å². The standard InChI is InChI=1S/C21H26N2O3S/c1-16-7-6-12-23(15-16)21(24)20-13-19(11-10-17(20)2)27(25,26)22-14-18-8-4-3-5-9-18/h3-5,8-11,13,16,22H,6-7,12,14-15H2,1-2H3. The van der Waals surface area contributed by atoms with E-state index in [0.29, 0.717) is 11.5 Å². The van der Waals surface area contributed by atoms with Gasteiger partial charge in [0.05, 0.1) is 4.90 Å². The fourth-order valence-corrected chi connectivity index (χ4v) is 4.44. The monoisotopic (exact) mass is 386 g/mol. The molecule has 1 fully saturated rings. The second kappa shape index (κ2) is 8.23. The van der Waals surface area contributed by atoms with Gasteiger partial charge in [-0.25, -0.2) is 13.1 Å². The van der Waals surface area contributed by atoms with Crippen LogP contribution in [0.25, 0.3) is 0 Å². The van der Waals surface area contributed by atoms with Gasteiger partial charge in [0.2, 0.25) is 10.0 Å². The van der Waals surface area contributed by atoms with Gasteiger partial charge in [-0.2, -0.15) is 0 Å². The van der Waals surface area contributed by atoms with Crippen molar-refractivity contribution in [2.24, 2.45) is 5.92 Å². The summed E-state index contributed by atoms with van der Waals surface area (Å²) in [5.41, 5.74) is 2.14. The molecule has 5 nitrogen and oxygen atoms in total. The van der Waals surface area contributed by atoms with E-state index in [4.69, 9.17) is 0 Å². The molecule has 0 saturated carbocycles. The van der Waals surface area contributed by atoms with Crippen molar-refractivity contribution in [3.05, 3.63) is 65.2 Å². The zero-order chi connectivity index (χ0) is 19.4. The Bertz CT molecular complexity index is 910. The molecule has 1 atom stereocenters. The normalized spacial score (nSPS) is 17.7. The minimum absolute atomic E-state index is 0.0841. The summed E-state index contributed by atoms with van der Waals surface area (Å²) < 4.78 is 28.0. The fraction of sp³-hybridized carbons (Fsp3) is 0.381. The van der Waals surface area contributed by atoms with E-state index in [0.717, 1.165) is 37.1 Å². The molecule has 0 aromatic heterocycles. The van der Waals surface area contributed by atoms with Crippen molar-refractivity contribution in [3.63, 3.8) is 0 Å². The van der Waals surface area contributed by atoms with Crippen molar-refractivity contribution in [3.8, 4) is 0 Å². The second-order valence-electron chi connectivity index (χ2n) is 7.29. The number of piperidine rings is 1. The molecule has 0 radical (unpaired) electrons. The average Bonchev–Trinajstić information content (AvgIpc) is 2.67. The topological polar surface area (TPSA) is 66.5 Å². The van der Waals surface area contributed by atoms with Crippen LogP contribution in [-0.2, 0) is 16.6 Å². The summed E-state index contributed by atoms with van der Waals surface area (Å²) >= 11 is 0. The van der Waals surface area contributed by atoms with E-state index in [9.17, 15) is 13.2 Å². The van der Waals surface area contributed by atoms with Crippen LogP contribution < -0.4 is 4.72 Å². The van der Waals surface area contributed by atoms with Gasteiger partial charge in [0.15, 0.2) is 0 Å². The van der Waals surface area contributed by atoms with E-state index in [1.54, 1.807) is 12.1 Å². The first-order chi connectivity index (χ1) is 12.9. The third kappa shape index (κ3) is 4.76. The van der Waals surface area contributed by atoms with Gasteiger partial charge in [0, 0.05) is 25.2 Å². The number of hydrogen-bond donors (Lipinski definition) is 1. The number of hydrogen-bond acceptors (Lipinski definition) is 3. The Morgan fingerprint density at radius 2 is 1.93 bits per heavy atom. The minimum Gasteiger partial charge on any atom is -0.338 e. The summed E-state index contributed by atoms with van der Waals surface area (Å²) in [5, 5.41) is 0. The molecule has 2 aromatic rings. The van der Waals surface area contributed by atoms with Gasteiger partial charge in [-0.3, -0.25) is 4.79 Å². The van der Waals surface area contributed by atoms with Crippen molar-refractivity contribution in [1.82, 2.24) is 9.62 Å². The highest BCUT2D eigenvalue weighted by molar-refractivity contribution is 7.89. The predicted octanol–water partition coefficient (Wildman–Crippen LogP) is 3.35. The lowest BCUT2D eigenvalue weighted by Crippen LogP contribution is -2.39. The number of nitrogens with one attached hydrogen (secondary N) is 1. The smallest absolute Gasteiger partial charge is 0.254 e. The Labute approximate surface area is 161 Å². The zero-order valence-electron chi connectivity index (χ0n) is 15.8. The molecule has 1 unspecified atom stereocenters. The molecular formula is C21H26N2O3S. The maximum absolute atomic E-state index is 12.9. The molecule has 27 heavy (non-hydrogen) atoms. The van der Waals surface area contributed by atoms with Crippen molar-refractivity contribution in [2.45, 2.75) is 38.1 Å². The molecule has 1 saturated heterocycles. The van der Waals surface area contributed by atoms with Crippen LogP contribution in [0.2, 0.25) is 0 Å². The quantitative estimate of drug-likeness (QED) is 0.857. The molecule has 1 amide bonds. The number of sulfonamides is 1.